The number of rotatable bonds is 6. The smallest absolute Gasteiger partial charge is 0.290 e. The minimum Gasteiger partial charge on any atom is -0.503 e. The Morgan fingerprint density at radius 3 is 2.55 bits per heavy atom. The molecule has 3 aromatic rings. The number of hydrogen-bond acceptors (Lipinski definition) is 6. The summed E-state index contributed by atoms with van der Waals surface area (Å²) in [6, 6.07) is 13.4. The van der Waals surface area contributed by atoms with Crippen molar-refractivity contribution in [3.63, 3.8) is 0 Å². The molecule has 0 aliphatic carbocycles. The molecule has 29 heavy (non-hydrogen) atoms. The molecule has 1 amide bonds. The summed E-state index contributed by atoms with van der Waals surface area (Å²) < 4.78 is 10.7. The molecule has 6 nitrogen and oxygen atoms in total. The average Bonchev–Trinajstić information content (AvgIpc) is 3.45. The lowest BCUT2D eigenvalue weighted by atomic mass is 9.95. The number of Topliss-reactive ketones (excluding diaryl/α,β-unsaturated/α-hetero) is 1. The van der Waals surface area contributed by atoms with Gasteiger partial charge in [-0.05, 0) is 48.2 Å². The molecule has 1 aliphatic rings. The number of aryl methyl sites for hydroxylation is 1. The fourth-order valence-electron chi connectivity index (χ4n) is 3.44. The predicted molar refractivity (Wildman–Crippen MR) is 108 cm³/mol. The van der Waals surface area contributed by atoms with Crippen molar-refractivity contribution in [3.8, 4) is 5.75 Å². The first-order valence-electron chi connectivity index (χ1n) is 9.01. The van der Waals surface area contributed by atoms with Crippen LogP contribution in [0.3, 0.4) is 0 Å². The number of carbonyl (C=O) groups excluding carboxylic acids is 2. The van der Waals surface area contributed by atoms with E-state index in [0.717, 1.165) is 4.88 Å². The molecule has 0 bridgehead atoms. The van der Waals surface area contributed by atoms with E-state index in [1.807, 2.05) is 17.5 Å². The van der Waals surface area contributed by atoms with Gasteiger partial charge in [-0.3, -0.25) is 9.59 Å². The van der Waals surface area contributed by atoms with Gasteiger partial charge in [0.2, 0.25) is 5.78 Å². The van der Waals surface area contributed by atoms with Crippen LogP contribution in [0.25, 0.3) is 0 Å². The summed E-state index contributed by atoms with van der Waals surface area (Å²) in [7, 11) is 1.57. The third kappa shape index (κ3) is 3.45. The standard InChI is InChI=1S/C22H19NO5S/c1-13-5-10-17(28-13)20(24)18-19(14-6-8-15(27-2)9-7-14)23(22(26)21(18)25)12-16-4-3-11-29-16/h3-11,19,25H,12H2,1-2H3. The number of nitrogens with zero attached hydrogens (tertiary/aromatic N) is 1. The maximum atomic E-state index is 13.2. The van der Waals surface area contributed by atoms with Crippen molar-refractivity contribution in [1.29, 1.82) is 0 Å². The van der Waals surface area contributed by atoms with Crippen LogP contribution in [0.2, 0.25) is 0 Å². The zero-order chi connectivity index (χ0) is 20.5. The first kappa shape index (κ1) is 19.0. The fourth-order valence-corrected chi connectivity index (χ4v) is 4.14. The van der Waals surface area contributed by atoms with Crippen LogP contribution in [-0.4, -0.2) is 28.8 Å². The average molecular weight is 409 g/mol. The molecule has 1 N–H and O–H groups in total. The lowest BCUT2D eigenvalue weighted by Gasteiger charge is -2.26. The van der Waals surface area contributed by atoms with Gasteiger partial charge in [0, 0.05) is 4.88 Å². The molecular formula is C22H19NO5S. The molecule has 0 saturated heterocycles. The highest BCUT2D eigenvalue weighted by Crippen LogP contribution is 2.40. The van der Waals surface area contributed by atoms with E-state index >= 15 is 0 Å². The number of carbonyl (C=O) groups is 2. The van der Waals surface area contributed by atoms with Crippen molar-refractivity contribution < 1.29 is 23.8 Å². The van der Waals surface area contributed by atoms with E-state index in [0.29, 0.717) is 17.1 Å². The topological polar surface area (TPSA) is 80.0 Å². The molecule has 1 aliphatic heterocycles. The Balaban J connectivity index is 1.79. The zero-order valence-electron chi connectivity index (χ0n) is 15.9. The molecule has 148 valence electrons. The van der Waals surface area contributed by atoms with Crippen LogP contribution in [0.15, 0.2) is 69.7 Å². The highest BCUT2D eigenvalue weighted by molar-refractivity contribution is 7.09. The molecular weight excluding hydrogens is 390 g/mol. The number of ketones is 1. The SMILES string of the molecule is COc1ccc(C2C(C(=O)c3ccc(C)o3)=C(O)C(=O)N2Cc2cccs2)cc1. The van der Waals surface area contributed by atoms with Gasteiger partial charge < -0.3 is 19.2 Å². The lowest BCUT2D eigenvalue weighted by Crippen LogP contribution is -2.30. The molecule has 7 heteroatoms. The van der Waals surface area contributed by atoms with Gasteiger partial charge in [0.05, 0.1) is 25.3 Å². The summed E-state index contributed by atoms with van der Waals surface area (Å²) in [5.41, 5.74) is 0.720. The quantitative estimate of drug-likeness (QED) is 0.609. The molecule has 1 unspecified atom stereocenters. The third-order valence-electron chi connectivity index (χ3n) is 4.85. The van der Waals surface area contributed by atoms with E-state index < -0.39 is 23.5 Å². The maximum absolute atomic E-state index is 13.2. The van der Waals surface area contributed by atoms with Gasteiger partial charge >= 0.3 is 0 Å². The normalized spacial score (nSPS) is 16.6. The van der Waals surface area contributed by atoms with Gasteiger partial charge in [0.25, 0.3) is 5.91 Å². The maximum Gasteiger partial charge on any atom is 0.290 e. The summed E-state index contributed by atoms with van der Waals surface area (Å²) >= 11 is 1.51. The number of aliphatic hydroxyl groups excluding tert-OH is 1. The van der Waals surface area contributed by atoms with Crippen LogP contribution in [0.4, 0.5) is 0 Å². The van der Waals surface area contributed by atoms with E-state index in [-0.39, 0.29) is 17.9 Å². The number of thiophene rings is 1. The summed E-state index contributed by atoms with van der Waals surface area (Å²) in [6.45, 7) is 2.01. The van der Waals surface area contributed by atoms with Crippen molar-refractivity contribution >= 4 is 23.0 Å². The Kier molecular flexibility index (Phi) is 4.98. The van der Waals surface area contributed by atoms with Crippen LogP contribution in [-0.2, 0) is 11.3 Å². The van der Waals surface area contributed by atoms with Crippen LogP contribution >= 0.6 is 11.3 Å². The highest BCUT2D eigenvalue weighted by atomic mass is 32.1. The second-order valence-electron chi connectivity index (χ2n) is 6.69. The molecule has 0 saturated carbocycles. The molecule has 1 aromatic carbocycles. The lowest BCUT2D eigenvalue weighted by molar-refractivity contribution is -0.130. The van der Waals surface area contributed by atoms with E-state index in [4.69, 9.17) is 9.15 Å². The fraction of sp³-hybridized carbons (Fsp3) is 0.182. The molecule has 0 radical (unpaired) electrons. The van der Waals surface area contributed by atoms with Gasteiger partial charge in [-0.2, -0.15) is 0 Å². The van der Waals surface area contributed by atoms with E-state index in [9.17, 15) is 14.7 Å². The number of aliphatic hydroxyl groups is 1. The zero-order valence-corrected chi connectivity index (χ0v) is 16.7. The molecule has 1 atom stereocenters. The molecule has 0 fully saturated rings. The molecule has 3 heterocycles. The highest BCUT2D eigenvalue weighted by Gasteiger charge is 2.44. The Bertz CT molecular complexity index is 1080. The second kappa shape index (κ2) is 7.60. The number of furan rings is 1. The van der Waals surface area contributed by atoms with E-state index in [1.54, 1.807) is 50.4 Å². The predicted octanol–water partition coefficient (Wildman–Crippen LogP) is 4.44. The van der Waals surface area contributed by atoms with Crippen molar-refractivity contribution in [2.24, 2.45) is 0 Å². The number of benzene rings is 1. The molecule has 0 spiro atoms. The minimum atomic E-state index is -0.728. The van der Waals surface area contributed by atoms with Crippen molar-refractivity contribution in [3.05, 3.63) is 87.2 Å². The van der Waals surface area contributed by atoms with E-state index in [2.05, 4.69) is 0 Å². The van der Waals surface area contributed by atoms with Crippen molar-refractivity contribution in [1.82, 2.24) is 4.90 Å². The number of amides is 1. The Hall–Kier alpha value is -3.32. The van der Waals surface area contributed by atoms with Gasteiger partial charge in [0.15, 0.2) is 11.5 Å². The summed E-state index contributed by atoms with van der Waals surface area (Å²) in [6.07, 6.45) is 0. The van der Waals surface area contributed by atoms with Gasteiger partial charge in [-0.1, -0.05) is 18.2 Å². The van der Waals surface area contributed by atoms with Crippen molar-refractivity contribution in [2.75, 3.05) is 7.11 Å². The van der Waals surface area contributed by atoms with E-state index in [1.165, 1.54) is 16.2 Å². The van der Waals surface area contributed by atoms with Crippen LogP contribution in [0.1, 0.15) is 32.8 Å². The van der Waals surface area contributed by atoms with Gasteiger partial charge in [-0.15, -0.1) is 11.3 Å². The number of ether oxygens (including phenoxy) is 1. The summed E-state index contributed by atoms with van der Waals surface area (Å²) in [5, 5.41) is 12.6. The monoisotopic (exact) mass is 409 g/mol. The summed E-state index contributed by atoms with van der Waals surface area (Å²) in [4.78, 5) is 28.5. The third-order valence-corrected chi connectivity index (χ3v) is 5.71. The molecule has 4 rings (SSSR count). The second-order valence-corrected chi connectivity index (χ2v) is 7.72. The van der Waals surface area contributed by atoms with Crippen LogP contribution < -0.4 is 4.74 Å². The Morgan fingerprint density at radius 1 is 1.21 bits per heavy atom. The minimum absolute atomic E-state index is 0.0195. The van der Waals surface area contributed by atoms with Crippen molar-refractivity contribution in [2.45, 2.75) is 19.5 Å². The van der Waals surface area contributed by atoms with Crippen LogP contribution in [0, 0.1) is 6.92 Å². The van der Waals surface area contributed by atoms with Gasteiger partial charge in [0.1, 0.15) is 11.5 Å². The Labute approximate surface area is 171 Å². The number of methoxy groups -OCH3 is 1. The van der Waals surface area contributed by atoms with Crippen LogP contribution in [0.5, 0.6) is 5.75 Å². The first-order valence-corrected chi connectivity index (χ1v) is 9.89. The summed E-state index contributed by atoms with van der Waals surface area (Å²) in [5.74, 6) is -0.293. The first-order chi connectivity index (χ1) is 14.0. The molecule has 2 aromatic heterocycles. The van der Waals surface area contributed by atoms with Gasteiger partial charge in [-0.25, -0.2) is 0 Å². The largest absolute Gasteiger partial charge is 0.503 e. The Morgan fingerprint density at radius 2 is 1.97 bits per heavy atom. The number of hydrogen-bond donors (Lipinski definition) is 1.